The largest absolute Gasteiger partial charge is 0.346 e. The fourth-order valence-electron chi connectivity index (χ4n) is 2.53. The summed E-state index contributed by atoms with van der Waals surface area (Å²) in [5, 5.41) is 6.03. The van der Waals surface area contributed by atoms with E-state index in [1.165, 1.54) is 0 Å². The maximum absolute atomic E-state index is 12.4. The molecule has 0 aliphatic heterocycles. The van der Waals surface area contributed by atoms with Gasteiger partial charge in [-0.3, -0.25) is 9.69 Å². The Labute approximate surface area is 154 Å². The van der Waals surface area contributed by atoms with Crippen LogP contribution in [0.15, 0.2) is 41.3 Å². The van der Waals surface area contributed by atoms with Gasteiger partial charge in [0.1, 0.15) is 5.01 Å². The third-order valence-electron chi connectivity index (χ3n) is 4.09. The van der Waals surface area contributed by atoms with E-state index in [1.54, 1.807) is 11.3 Å². The Morgan fingerprint density at radius 1 is 1.20 bits per heavy atom. The molecule has 0 bridgehead atoms. The highest BCUT2D eigenvalue weighted by atomic mass is 32.1. The lowest BCUT2D eigenvalue weighted by molar-refractivity contribution is -0.117. The van der Waals surface area contributed by atoms with Crippen LogP contribution in [-0.2, 0) is 17.9 Å². The first kappa shape index (κ1) is 19.3. The van der Waals surface area contributed by atoms with E-state index in [1.807, 2.05) is 43.3 Å². The molecule has 1 amide bonds. The molecule has 0 atom stereocenters. The highest BCUT2D eigenvalue weighted by Crippen LogP contribution is 2.13. The van der Waals surface area contributed by atoms with Crippen molar-refractivity contribution in [3.05, 3.63) is 57.6 Å². The Kier molecular flexibility index (Phi) is 7.82. The van der Waals surface area contributed by atoms with E-state index in [0.29, 0.717) is 13.0 Å². The first-order valence-electron chi connectivity index (χ1n) is 8.85. The molecular weight excluding hydrogens is 330 g/mol. The van der Waals surface area contributed by atoms with Gasteiger partial charge in [0.2, 0.25) is 5.91 Å². The summed E-state index contributed by atoms with van der Waals surface area (Å²) in [7, 11) is 0. The van der Waals surface area contributed by atoms with Crippen molar-refractivity contribution in [2.45, 2.75) is 40.3 Å². The Hall–Kier alpha value is -1.98. The number of amides is 1. The van der Waals surface area contributed by atoms with E-state index < -0.39 is 0 Å². The van der Waals surface area contributed by atoms with Crippen molar-refractivity contribution in [3.8, 4) is 0 Å². The molecule has 0 aliphatic carbocycles. The van der Waals surface area contributed by atoms with Crippen LogP contribution >= 0.6 is 11.3 Å². The quantitative estimate of drug-likeness (QED) is 0.687. The first-order valence-corrected chi connectivity index (χ1v) is 9.73. The van der Waals surface area contributed by atoms with Crippen molar-refractivity contribution in [2.75, 3.05) is 13.1 Å². The number of carbonyl (C=O) groups excluding carboxylic acids is 1. The summed E-state index contributed by atoms with van der Waals surface area (Å²) in [4.78, 5) is 19.4. The molecule has 0 unspecified atom stereocenters. The lowest BCUT2D eigenvalue weighted by Crippen LogP contribution is -2.24. The molecule has 0 aliphatic rings. The summed E-state index contributed by atoms with van der Waals surface area (Å²) in [5.74, 6) is -0.0214. The smallest absolute Gasteiger partial charge is 0.247 e. The normalized spacial score (nSPS) is 11.8. The number of nitrogens with one attached hydrogen (secondary N) is 1. The molecule has 1 N–H and O–H groups in total. The molecule has 1 aromatic carbocycles. The van der Waals surface area contributed by atoms with Crippen molar-refractivity contribution < 1.29 is 4.79 Å². The summed E-state index contributed by atoms with van der Waals surface area (Å²) in [6.07, 6.45) is 2.65. The number of hydrogen-bond donors (Lipinski definition) is 1. The van der Waals surface area contributed by atoms with Crippen LogP contribution in [0.5, 0.6) is 0 Å². The van der Waals surface area contributed by atoms with Crippen molar-refractivity contribution in [1.29, 1.82) is 0 Å². The molecule has 0 fully saturated rings. The van der Waals surface area contributed by atoms with Gasteiger partial charge in [-0.05, 0) is 31.1 Å². The summed E-state index contributed by atoms with van der Waals surface area (Å²) in [6, 6.07) is 9.93. The van der Waals surface area contributed by atoms with Crippen LogP contribution in [0.4, 0.5) is 0 Å². The molecule has 0 saturated heterocycles. The predicted molar refractivity (Wildman–Crippen MR) is 105 cm³/mol. The standard InChI is InChI=1S/C20H27N3OS/c1-4-17(12-16-10-8-7-9-11-16)20(24)21-13-19-22-18(15-25-19)14-23(5-2)6-3/h7-12,15H,4-6,13-14H2,1-3H3,(H,21,24)/b17-12+. The minimum Gasteiger partial charge on any atom is -0.346 e. The summed E-state index contributed by atoms with van der Waals surface area (Å²) in [5.41, 5.74) is 2.91. The van der Waals surface area contributed by atoms with Gasteiger partial charge in [-0.2, -0.15) is 0 Å². The topological polar surface area (TPSA) is 45.2 Å². The van der Waals surface area contributed by atoms with E-state index in [9.17, 15) is 4.79 Å². The number of nitrogens with zero attached hydrogens (tertiary/aromatic N) is 2. The van der Waals surface area contributed by atoms with Crippen LogP contribution in [0.2, 0.25) is 0 Å². The molecule has 4 nitrogen and oxygen atoms in total. The number of hydrogen-bond acceptors (Lipinski definition) is 4. The molecule has 0 radical (unpaired) electrons. The van der Waals surface area contributed by atoms with Crippen molar-refractivity contribution in [3.63, 3.8) is 0 Å². The van der Waals surface area contributed by atoms with Gasteiger partial charge in [-0.25, -0.2) is 4.98 Å². The predicted octanol–water partition coefficient (Wildman–Crippen LogP) is 4.09. The first-order chi connectivity index (χ1) is 12.2. The molecule has 134 valence electrons. The van der Waals surface area contributed by atoms with Crippen LogP contribution < -0.4 is 5.32 Å². The van der Waals surface area contributed by atoms with Gasteiger partial charge >= 0.3 is 0 Å². The van der Waals surface area contributed by atoms with Crippen LogP contribution in [0.1, 0.15) is 43.5 Å². The summed E-state index contributed by atoms with van der Waals surface area (Å²) >= 11 is 1.61. The minimum absolute atomic E-state index is 0.0214. The van der Waals surface area contributed by atoms with E-state index in [-0.39, 0.29) is 5.91 Å². The SMILES string of the molecule is CC/C(=C\c1ccccc1)C(=O)NCc1nc(CN(CC)CC)cs1. The van der Waals surface area contributed by atoms with Gasteiger partial charge in [-0.1, -0.05) is 51.1 Å². The second-order valence-corrected chi connectivity index (χ2v) is 6.75. The Morgan fingerprint density at radius 2 is 1.92 bits per heavy atom. The van der Waals surface area contributed by atoms with E-state index in [4.69, 9.17) is 0 Å². The zero-order chi connectivity index (χ0) is 18.1. The number of carbonyl (C=O) groups is 1. The second-order valence-electron chi connectivity index (χ2n) is 5.81. The number of rotatable bonds is 9. The van der Waals surface area contributed by atoms with Crippen LogP contribution in [0.3, 0.4) is 0 Å². The summed E-state index contributed by atoms with van der Waals surface area (Å²) in [6.45, 7) is 9.69. The number of benzene rings is 1. The fourth-order valence-corrected chi connectivity index (χ4v) is 3.25. The van der Waals surface area contributed by atoms with Gasteiger partial charge in [0.05, 0.1) is 12.2 Å². The monoisotopic (exact) mass is 357 g/mol. The zero-order valence-electron chi connectivity index (χ0n) is 15.3. The van der Waals surface area contributed by atoms with Crippen molar-refractivity contribution >= 4 is 23.3 Å². The van der Waals surface area contributed by atoms with E-state index >= 15 is 0 Å². The molecular formula is C20H27N3OS. The average molecular weight is 358 g/mol. The third-order valence-corrected chi connectivity index (χ3v) is 4.99. The van der Waals surface area contributed by atoms with Crippen LogP contribution in [0.25, 0.3) is 6.08 Å². The maximum atomic E-state index is 12.4. The third kappa shape index (κ3) is 6.11. The molecule has 0 spiro atoms. The molecule has 0 saturated carbocycles. The fraction of sp³-hybridized carbons (Fsp3) is 0.400. The highest BCUT2D eigenvalue weighted by molar-refractivity contribution is 7.09. The summed E-state index contributed by atoms with van der Waals surface area (Å²) < 4.78 is 0. The molecule has 25 heavy (non-hydrogen) atoms. The lowest BCUT2D eigenvalue weighted by atomic mass is 10.1. The van der Waals surface area contributed by atoms with Crippen LogP contribution in [0, 0.1) is 0 Å². The Balaban J connectivity index is 1.93. The molecule has 2 rings (SSSR count). The van der Waals surface area contributed by atoms with Gasteiger partial charge < -0.3 is 5.32 Å². The molecule has 5 heteroatoms. The van der Waals surface area contributed by atoms with Crippen molar-refractivity contribution in [2.24, 2.45) is 0 Å². The van der Waals surface area contributed by atoms with Gasteiger partial charge in [0.15, 0.2) is 0 Å². The van der Waals surface area contributed by atoms with E-state index in [0.717, 1.165) is 41.5 Å². The van der Waals surface area contributed by atoms with Crippen LogP contribution in [-0.4, -0.2) is 28.9 Å². The number of thiazole rings is 1. The average Bonchev–Trinajstić information content (AvgIpc) is 3.10. The minimum atomic E-state index is -0.0214. The lowest BCUT2D eigenvalue weighted by Gasteiger charge is -2.15. The van der Waals surface area contributed by atoms with E-state index in [2.05, 4.69) is 34.4 Å². The zero-order valence-corrected chi connectivity index (χ0v) is 16.1. The molecule has 2 aromatic rings. The highest BCUT2D eigenvalue weighted by Gasteiger charge is 2.10. The Morgan fingerprint density at radius 3 is 2.56 bits per heavy atom. The van der Waals surface area contributed by atoms with Gasteiger partial charge in [-0.15, -0.1) is 11.3 Å². The van der Waals surface area contributed by atoms with Crippen molar-refractivity contribution in [1.82, 2.24) is 15.2 Å². The van der Waals surface area contributed by atoms with Gasteiger partial charge in [0.25, 0.3) is 0 Å². The maximum Gasteiger partial charge on any atom is 0.247 e. The molecule has 1 heterocycles. The molecule has 1 aromatic heterocycles. The van der Waals surface area contributed by atoms with Gasteiger partial charge in [0, 0.05) is 17.5 Å². The number of aromatic nitrogens is 1. The Bertz CT molecular complexity index is 690. The second kappa shape index (κ2) is 10.1.